The normalized spacial score (nSPS) is 10.1. The largest absolute Gasteiger partial charge is 0.370 e. The van der Waals surface area contributed by atoms with E-state index in [1.54, 1.807) is 6.07 Å². The Morgan fingerprint density at radius 2 is 2.40 bits per heavy atom. The second-order valence-corrected chi connectivity index (χ2v) is 3.93. The summed E-state index contributed by atoms with van der Waals surface area (Å²) in [5.74, 6) is 0.919. The van der Waals surface area contributed by atoms with Crippen LogP contribution in [0.15, 0.2) is 6.07 Å². The smallest absolute Gasteiger partial charge is 0.223 e. The van der Waals surface area contributed by atoms with E-state index in [0.717, 1.165) is 16.8 Å². The van der Waals surface area contributed by atoms with Gasteiger partial charge in [-0.3, -0.25) is 0 Å². The number of fused-ring (bicyclic) bond motifs is 1. The molecule has 0 saturated heterocycles. The summed E-state index contributed by atoms with van der Waals surface area (Å²) >= 11 is 1.32. The molecule has 2 heterocycles. The number of nitrogens with one attached hydrogen (secondary N) is 1. The van der Waals surface area contributed by atoms with Gasteiger partial charge in [0.2, 0.25) is 5.95 Å². The molecule has 0 aliphatic carbocycles. The van der Waals surface area contributed by atoms with Crippen LogP contribution in [-0.4, -0.2) is 16.5 Å². The van der Waals surface area contributed by atoms with Crippen LogP contribution in [0, 0.1) is 11.3 Å². The van der Waals surface area contributed by atoms with Crippen molar-refractivity contribution in [1.82, 2.24) is 9.97 Å². The minimum absolute atomic E-state index is 0.227. The number of nitrogens with zero attached hydrogens (tertiary/aromatic N) is 3. The highest BCUT2D eigenvalue weighted by molar-refractivity contribution is 7.19. The maximum atomic E-state index is 8.79. The third-order valence-electron chi connectivity index (χ3n) is 1.86. The van der Waals surface area contributed by atoms with Gasteiger partial charge in [0.1, 0.15) is 21.6 Å². The lowest BCUT2D eigenvalue weighted by molar-refractivity contribution is 1.15. The third kappa shape index (κ3) is 1.69. The van der Waals surface area contributed by atoms with E-state index < -0.39 is 0 Å². The van der Waals surface area contributed by atoms with Crippen molar-refractivity contribution in [3.05, 3.63) is 10.9 Å². The number of rotatable bonds is 2. The number of hydrogen-bond donors (Lipinski definition) is 2. The molecular weight excluding hydrogens is 210 g/mol. The maximum Gasteiger partial charge on any atom is 0.223 e. The summed E-state index contributed by atoms with van der Waals surface area (Å²) in [6.07, 6.45) is 0. The summed E-state index contributed by atoms with van der Waals surface area (Å²) in [4.78, 5) is 9.53. The number of anilines is 2. The van der Waals surface area contributed by atoms with Crippen molar-refractivity contribution in [2.45, 2.75) is 6.92 Å². The van der Waals surface area contributed by atoms with Crippen LogP contribution in [-0.2, 0) is 0 Å². The molecule has 0 aliphatic heterocycles. The van der Waals surface area contributed by atoms with Gasteiger partial charge in [0.05, 0.1) is 5.39 Å². The van der Waals surface area contributed by atoms with Crippen LogP contribution in [0.2, 0.25) is 0 Å². The van der Waals surface area contributed by atoms with E-state index >= 15 is 0 Å². The predicted octanol–water partition coefficient (Wildman–Crippen LogP) is 1.58. The molecule has 0 aliphatic rings. The molecule has 0 fully saturated rings. The van der Waals surface area contributed by atoms with E-state index in [-0.39, 0.29) is 5.95 Å². The van der Waals surface area contributed by atoms with Crippen molar-refractivity contribution >= 4 is 33.3 Å². The fourth-order valence-corrected chi connectivity index (χ4v) is 2.13. The summed E-state index contributed by atoms with van der Waals surface area (Å²) in [6.45, 7) is 2.73. The Hall–Kier alpha value is -1.87. The second-order valence-electron chi connectivity index (χ2n) is 2.90. The quantitative estimate of drug-likeness (QED) is 0.800. The third-order valence-corrected chi connectivity index (χ3v) is 2.80. The Bertz CT molecular complexity index is 539. The standard InChI is InChI=1S/C9H9N5S/c1-2-12-7-6-3-5(4-10)15-8(6)14-9(11)13-7/h3H,2H2,1H3,(H3,11,12,13,14). The fourth-order valence-electron chi connectivity index (χ4n) is 1.30. The first-order valence-electron chi connectivity index (χ1n) is 4.45. The van der Waals surface area contributed by atoms with Crippen LogP contribution < -0.4 is 11.1 Å². The summed E-state index contributed by atoms with van der Waals surface area (Å²) in [6, 6.07) is 3.86. The molecule has 6 heteroatoms. The predicted molar refractivity (Wildman–Crippen MR) is 60.7 cm³/mol. The Labute approximate surface area is 90.6 Å². The first-order chi connectivity index (χ1) is 7.24. The molecule has 0 spiro atoms. The van der Waals surface area contributed by atoms with E-state index in [0.29, 0.717) is 10.7 Å². The highest BCUT2D eigenvalue weighted by atomic mass is 32.1. The summed E-state index contributed by atoms with van der Waals surface area (Å²) in [5, 5.41) is 12.7. The topological polar surface area (TPSA) is 87.6 Å². The Kier molecular flexibility index (Phi) is 2.39. The first kappa shape index (κ1) is 9.68. The highest BCUT2D eigenvalue weighted by Crippen LogP contribution is 2.28. The van der Waals surface area contributed by atoms with E-state index in [1.165, 1.54) is 11.3 Å². The van der Waals surface area contributed by atoms with Crippen molar-refractivity contribution in [3.63, 3.8) is 0 Å². The molecule has 2 aromatic rings. The lowest BCUT2D eigenvalue weighted by Gasteiger charge is -2.03. The van der Waals surface area contributed by atoms with Gasteiger partial charge in [0, 0.05) is 6.54 Å². The lowest BCUT2D eigenvalue weighted by atomic mass is 10.3. The van der Waals surface area contributed by atoms with E-state index in [4.69, 9.17) is 11.0 Å². The molecule has 76 valence electrons. The number of nitrogens with two attached hydrogens (primary N) is 1. The molecule has 0 bridgehead atoms. The summed E-state index contributed by atoms with van der Waals surface area (Å²) in [7, 11) is 0. The molecule has 5 nitrogen and oxygen atoms in total. The van der Waals surface area contributed by atoms with Gasteiger partial charge in [-0.15, -0.1) is 11.3 Å². The van der Waals surface area contributed by atoms with Crippen LogP contribution in [0.5, 0.6) is 0 Å². The van der Waals surface area contributed by atoms with Crippen LogP contribution >= 0.6 is 11.3 Å². The average Bonchev–Trinajstić information content (AvgIpc) is 2.61. The van der Waals surface area contributed by atoms with Crippen molar-refractivity contribution in [2.75, 3.05) is 17.6 Å². The van der Waals surface area contributed by atoms with Crippen molar-refractivity contribution in [2.24, 2.45) is 0 Å². The zero-order valence-corrected chi connectivity index (χ0v) is 8.93. The van der Waals surface area contributed by atoms with E-state index in [2.05, 4.69) is 21.4 Å². The van der Waals surface area contributed by atoms with Crippen LogP contribution in [0.3, 0.4) is 0 Å². The van der Waals surface area contributed by atoms with Crippen molar-refractivity contribution < 1.29 is 0 Å². The molecule has 0 amide bonds. The van der Waals surface area contributed by atoms with Gasteiger partial charge in [-0.2, -0.15) is 10.2 Å². The van der Waals surface area contributed by atoms with Crippen molar-refractivity contribution in [1.29, 1.82) is 5.26 Å². The maximum absolute atomic E-state index is 8.79. The van der Waals surface area contributed by atoms with E-state index in [1.807, 2.05) is 6.92 Å². The van der Waals surface area contributed by atoms with Crippen LogP contribution in [0.1, 0.15) is 11.8 Å². The molecule has 3 N–H and O–H groups in total. The van der Waals surface area contributed by atoms with Gasteiger partial charge >= 0.3 is 0 Å². The molecule has 0 aromatic carbocycles. The number of aromatic nitrogens is 2. The van der Waals surface area contributed by atoms with Crippen LogP contribution in [0.25, 0.3) is 10.2 Å². The van der Waals surface area contributed by atoms with Gasteiger partial charge in [-0.1, -0.05) is 0 Å². The summed E-state index contributed by atoms with van der Waals surface area (Å²) in [5.41, 5.74) is 5.57. The molecule has 0 unspecified atom stereocenters. The van der Waals surface area contributed by atoms with Crippen LogP contribution in [0.4, 0.5) is 11.8 Å². The van der Waals surface area contributed by atoms with E-state index in [9.17, 15) is 0 Å². The average molecular weight is 219 g/mol. The Balaban J connectivity index is 2.67. The number of hydrogen-bond acceptors (Lipinski definition) is 6. The molecule has 2 aromatic heterocycles. The Morgan fingerprint density at radius 1 is 1.60 bits per heavy atom. The van der Waals surface area contributed by atoms with Gasteiger partial charge < -0.3 is 11.1 Å². The van der Waals surface area contributed by atoms with Gasteiger partial charge in [-0.25, -0.2) is 4.98 Å². The van der Waals surface area contributed by atoms with Gasteiger partial charge in [0.15, 0.2) is 0 Å². The monoisotopic (exact) mass is 219 g/mol. The van der Waals surface area contributed by atoms with Gasteiger partial charge in [-0.05, 0) is 13.0 Å². The zero-order chi connectivity index (χ0) is 10.8. The van der Waals surface area contributed by atoms with Crippen molar-refractivity contribution in [3.8, 4) is 6.07 Å². The molecule has 15 heavy (non-hydrogen) atoms. The molecule has 0 radical (unpaired) electrons. The SMILES string of the molecule is CCNc1nc(N)nc2sc(C#N)cc12. The molecule has 0 saturated carbocycles. The number of nitriles is 1. The Morgan fingerprint density at radius 3 is 3.07 bits per heavy atom. The fraction of sp³-hybridized carbons (Fsp3) is 0.222. The molecular formula is C9H9N5S. The minimum Gasteiger partial charge on any atom is -0.370 e. The second kappa shape index (κ2) is 3.71. The zero-order valence-electron chi connectivity index (χ0n) is 8.11. The molecule has 2 rings (SSSR count). The highest BCUT2D eigenvalue weighted by Gasteiger charge is 2.09. The number of nitrogen functional groups attached to an aromatic ring is 1. The first-order valence-corrected chi connectivity index (χ1v) is 5.27. The summed E-state index contributed by atoms with van der Waals surface area (Å²) < 4.78 is 0. The minimum atomic E-state index is 0.227. The number of thiophene rings is 1. The lowest BCUT2D eigenvalue weighted by Crippen LogP contribution is -2.03. The van der Waals surface area contributed by atoms with Gasteiger partial charge in [0.25, 0.3) is 0 Å². The molecule has 0 atom stereocenters.